The van der Waals surface area contributed by atoms with Crippen LogP contribution in [0.2, 0.25) is 0 Å². The largest absolute Gasteiger partial charge is 0.495 e. The highest BCUT2D eigenvalue weighted by Crippen LogP contribution is 2.39. The normalized spacial score (nSPS) is 23.9. The van der Waals surface area contributed by atoms with Gasteiger partial charge in [0.25, 0.3) is 0 Å². The quantitative estimate of drug-likeness (QED) is 0.880. The van der Waals surface area contributed by atoms with E-state index in [4.69, 9.17) is 9.47 Å². The molecule has 142 valence electrons. The molecule has 2 fully saturated rings. The van der Waals surface area contributed by atoms with Gasteiger partial charge in [-0.3, -0.25) is 0 Å². The molecule has 2 aromatic rings. The molecule has 27 heavy (non-hydrogen) atoms. The molecule has 0 aromatic heterocycles. The Kier molecular flexibility index (Phi) is 5.03. The lowest BCUT2D eigenvalue weighted by molar-refractivity contribution is -0.00364. The van der Waals surface area contributed by atoms with Gasteiger partial charge in [0, 0.05) is 32.0 Å². The van der Waals surface area contributed by atoms with Gasteiger partial charge in [0.05, 0.1) is 18.9 Å². The van der Waals surface area contributed by atoms with E-state index in [2.05, 4.69) is 17.4 Å². The minimum absolute atomic E-state index is 0.0648. The van der Waals surface area contributed by atoms with Gasteiger partial charge in [-0.1, -0.05) is 36.4 Å². The van der Waals surface area contributed by atoms with E-state index in [1.54, 1.807) is 14.2 Å². The van der Waals surface area contributed by atoms with E-state index < -0.39 is 0 Å². The molecule has 2 amide bonds. The maximum atomic E-state index is 12.9. The highest BCUT2D eigenvalue weighted by molar-refractivity contribution is 5.92. The lowest BCUT2D eigenvalue weighted by Crippen LogP contribution is -2.49. The molecule has 1 unspecified atom stereocenters. The number of rotatable bonds is 4. The summed E-state index contributed by atoms with van der Waals surface area (Å²) in [5.41, 5.74) is 2.85. The van der Waals surface area contributed by atoms with Crippen LogP contribution in [0.5, 0.6) is 5.75 Å². The van der Waals surface area contributed by atoms with E-state index in [0.717, 1.165) is 37.1 Å². The van der Waals surface area contributed by atoms with E-state index in [9.17, 15) is 4.79 Å². The number of hydrogen-bond donors (Lipinski definition) is 1. The number of hydrogen-bond acceptors (Lipinski definition) is 3. The predicted molar refractivity (Wildman–Crippen MR) is 106 cm³/mol. The summed E-state index contributed by atoms with van der Waals surface area (Å²) in [6.07, 6.45) is 2.57. The fraction of sp³-hybridized carbons (Fsp3) is 0.409. The fourth-order valence-corrected chi connectivity index (χ4v) is 4.53. The molecule has 4 rings (SSSR count). The smallest absolute Gasteiger partial charge is 0.321 e. The third-order valence-corrected chi connectivity index (χ3v) is 5.85. The van der Waals surface area contributed by atoms with E-state index in [1.807, 2.05) is 41.3 Å². The Morgan fingerprint density at radius 1 is 1.00 bits per heavy atom. The average Bonchev–Trinajstić information content (AvgIpc) is 2.96. The van der Waals surface area contributed by atoms with Gasteiger partial charge in [-0.25, -0.2) is 4.79 Å². The Morgan fingerprint density at radius 3 is 2.33 bits per heavy atom. The van der Waals surface area contributed by atoms with Gasteiger partial charge < -0.3 is 19.7 Å². The topological polar surface area (TPSA) is 50.8 Å². The first kappa shape index (κ1) is 17.9. The van der Waals surface area contributed by atoms with E-state index in [-0.39, 0.29) is 6.03 Å². The van der Waals surface area contributed by atoms with Crippen LogP contribution in [0.3, 0.4) is 0 Å². The number of carbonyl (C=O) groups excluding carboxylic acids is 1. The number of carbonyl (C=O) groups is 1. The minimum atomic E-state index is -0.0648. The Labute approximate surface area is 160 Å². The standard InChI is InChI=1S/C22H26N2O3/c1-26-20-11-10-16(15-6-4-3-5-7-15)12-19(20)23-22(25)24-13-17-8-9-18(14-24)21(17)27-2/h3-7,10-12,17-18,21H,8-9,13-14H2,1-2H3,(H,23,25)/t17-,18+,21?. The van der Waals surface area contributed by atoms with Crippen molar-refractivity contribution < 1.29 is 14.3 Å². The molecular weight excluding hydrogens is 340 g/mol. The first-order valence-corrected chi connectivity index (χ1v) is 9.51. The summed E-state index contributed by atoms with van der Waals surface area (Å²) in [7, 11) is 3.41. The molecular formula is C22H26N2O3. The van der Waals surface area contributed by atoms with Crippen molar-refractivity contribution in [2.24, 2.45) is 11.8 Å². The van der Waals surface area contributed by atoms with Gasteiger partial charge in [-0.2, -0.15) is 0 Å². The molecule has 2 bridgehead atoms. The molecule has 1 saturated carbocycles. The van der Waals surface area contributed by atoms with Crippen molar-refractivity contribution >= 4 is 11.7 Å². The number of fused-ring (bicyclic) bond motifs is 2. The molecule has 3 atom stereocenters. The summed E-state index contributed by atoms with van der Waals surface area (Å²) in [4.78, 5) is 14.8. The molecule has 1 aliphatic carbocycles. The third kappa shape index (κ3) is 3.52. The van der Waals surface area contributed by atoms with E-state index in [1.165, 1.54) is 0 Å². The van der Waals surface area contributed by atoms with Gasteiger partial charge in [0.15, 0.2) is 0 Å². The molecule has 1 heterocycles. The number of nitrogens with one attached hydrogen (secondary N) is 1. The van der Waals surface area contributed by atoms with Crippen LogP contribution < -0.4 is 10.1 Å². The van der Waals surface area contributed by atoms with Crippen LogP contribution in [-0.2, 0) is 4.74 Å². The molecule has 5 heteroatoms. The number of anilines is 1. The SMILES string of the molecule is COc1ccc(-c2ccccc2)cc1NC(=O)N1C[C@H]2CC[C@@H](C1)C2OC. The number of amides is 2. The second-order valence-electron chi connectivity index (χ2n) is 7.41. The van der Waals surface area contributed by atoms with Gasteiger partial charge >= 0.3 is 6.03 Å². The van der Waals surface area contributed by atoms with Crippen molar-refractivity contribution in [1.82, 2.24) is 4.90 Å². The highest BCUT2D eigenvalue weighted by atomic mass is 16.5. The Bertz CT molecular complexity index is 794. The maximum absolute atomic E-state index is 12.9. The second kappa shape index (κ2) is 7.61. The van der Waals surface area contributed by atoms with Gasteiger partial charge in [0.1, 0.15) is 5.75 Å². The van der Waals surface area contributed by atoms with Crippen LogP contribution in [0.1, 0.15) is 12.8 Å². The molecule has 2 aromatic carbocycles. The van der Waals surface area contributed by atoms with Crippen molar-refractivity contribution in [3.05, 3.63) is 48.5 Å². The number of nitrogens with zero attached hydrogens (tertiary/aromatic N) is 1. The number of ether oxygens (including phenoxy) is 2. The zero-order chi connectivity index (χ0) is 18.8. The lowest BCUT2D eigenvalue weighted by atomic mass is 9.95. The molecule has 1 saturated heterocycles. The Hall–Kier alpha value is -2.53. The lowest BCUT2D eigenvalue weighted by Gasteiger charge is -2.37. The van der Waals surface area contributed by atoms with Crippen molar-refractivity contribution in [3.8, 4) is 16.9 Å². The number of urea groups is 1. The number of benzene rings is 2. The monoisotopic (exact) mass is 366 g/mol. The number of likely N-dealkylation sites (tertiary alicyclic amines) is 1. The van der Waals surface area contributed by atoms with Crippen LogP contribution in [0.25, 0.3) is 11.1 Å². The zero-order valence-electron chi connectivity index (χ0n) is 15.9. The van der Waals surface area contributed by atoms with Crippen molar-refractivity contribution in [3.63, 3.8) is 0 Å². The summed E-state index contributed by atoms with van der Waals surface area (Å²) in [6.45, 7) is 1.50. The predicted octanol–water partition coefficient (Wildman–Crippen LogP) is 4.25. The Morgan fingerprint density at radius 2 is 1.70 bits per heavy atom. The molecule has 0 spiro atoms. The number of piperidine rings is 1. The molecule has 0 radical (unpaired) electrons. The molecule has 2 aliphatic rings. The van der Waals surface area contributed by atoms with Crippen LogP contribution in [0.4, 0.5) is 10.5 Å². The summed E-state index contributed by atoms with van der Waals surface area (Å²) in [5.74, 6) is 1.55. The summed E-state index contributed by atoms with van der Waals surface area (Å²) < 4.78 is 11.1. The van der Waals surface area contributed by atoms with E-state index >= 15 is 0 Å². The number of methoxy groups -OCH3 is 2. The van der Waals surface area contributed by atoms with E-state index in [0.29, 0.717) is 29.4 Å². The van der Waals surface area contributed by atoms with Crippen LogP contribution in [-0.4, -0.2) is 44.3 Å². The van der Waals surface area contributed by atoms with Gasteiger partial charge in [-0.05, 0) is 36.1 Å². The second-order valence-corrected chi connectivity index (χ2v) is 7.41. The summed E-state index contributed by atoms with van der Waals surface area (Å²) in [5, 5.41) is 3.06. The zero-order valence-corrected chi connectivity index (χ0v) is 15.9. The first-order chi connectivity index (χ1) is 13.2. The van der Waals surface area contributed by atoms with Crippen molar-refractivity contribution in [1.29, 1.82) is 0 Å². The summed E-state index contributed by atoms with van der Waals surface area (Å²) >= 11 is 0. The van der Waals surface area contributed by atoms with Crippen molar-refractivity contribution in [2.45, 2.75) is 18.9 Å². The molecule has 5 nitrogen and oxygen atoms in total. The third-order valence-electron chi connectivity index (χ3n) is 5.85. The Balaban J connectivity index is 1.52. The highest BCUT2D eigenvalue weighted by Gasteiger charge is 2.43. The fourth-order valence-electron chi connectivity index (χ4n) is 4.53. The van der Waals surface area contributed by atoms with Crippen LogP contribution in [0, 0.1) is 11.8 Å². The average molecular weight is 366 g/mol. The first-order valence-electron chi connectivity index (χ1n) is 9.51. The summed E-state index contributed by atoms with van der Waals surface area (Å²) in [6, 6.07) is 15.9. The van der Waals surface area contributed by atoms with Crippen LogP contribution >= 0.6 is 0 Å². The minimum Gasteiger partial charge on any atom is -0.495 e. The van der Waals surface area contributed by atoms with Crippen LogP contribution in [0.15, 0.2) is 48.5 Å². The van der Waals surface area contributed by atoms with Crippen molar-refractivity contribution in [2.75, 3.05) is 32.6 Å². The van der Waals surface area contributed by atoms with Gasteiger partial charge in [-0.15, -0.1) is 0 Å². The van der Waals surface area contributed by atoms with Gasteiger partial charge in [0.2, 0.25) is 0 Å². The molecule has 1 N–H and O–H groups in total. The maximum Gasteiger partial charge on any atom is 0.321 e. The molecule has 1 aliphatic heterocycles.